The number of hydrogen-bond acceptors (Lipinski definition) is 2. The van der Waals surface area contributed by atoms with E-state index in [0.717, 1.165) is 6.42 Å². The molecule has 0 bridgehead atoms. The standard InChI is InChI=1S/C6H7NO/c8-6-3-5-1-2-7(5)4-6/h1-2,5H,3-4H2. The second-order valence-electron chi connectivity index (χ2n) is 2.32. The zero-order valence-corrected chi connectivity index (χ0v) is 4.50. The molecule has 0 spiro atoms. The van der Waals surface area contributed by atoms with Crippen LogP contribution in [0.15, 0.2) is 12.3 Å². The van der Waals surface area contributed by atoms with Gasteiger partial charge in [0.05, 0.1) is 12.6 Å². The molecule has 0 amide bonds. The van der Waals surface area contributed by atoms with Crippen molar-refractivity contribution < 1.29 is 4.79 Å². The molecular weight excluding hydrogens is 102 g/mol. The maximum absolute atomic E-state index is 10.6. The molecule has 8 heavy (non-hydrogen) atoms. The summed E-state index contributed by atoms with van der Waals surface area (Å²) in [6.45, 7) is 0.654. The number of Topliss-reactive ketones (excluding diaryl/α,β-unsaturated/α-hetero) is 1. The number of nitrogens with zero attached hydrogens (tertiary/aromatic N) is 1. The monoisotopic (exact) mass is 109 g/mol. The van der Waals surface area contributed by atoms with Crippen LogP contribution in [0.1, 0.15) is 6.42 Å². The van der Waals surface area contributed by atoms with Gasteiger partial charge in [-0.2, -0.15) is 0 Å². The summed E-state index contributed by atoms with van der Waals surface area (Å²) in [5, 5.41) is 0. The van der Waals surface area contributed by atoms with Crippen molar-refractivity contribution in [3.63, 3.8) is 0 Å². The van der Waals surface area contributed by atoms with Gasteiger partial charge in [-0.3, -0.25) is 4.79 Å². The molecule has 1 unspecified atom stereocenters. The molecule has 0 saturated carbocycles. The highest BCUT2D eigenvalue weighted by Gasteiger charge is 2.30. The summed E-state index contributed by atoms with van der Waals surface area (Å²) in [6.07, 6.45) is 4.80. The highest BCUT2D eigenvalue weighted by atomic mass is 16.1. The van der Waals surface area contributed by atoms with Crippen molar-refractivity contribution in [1.29, 1.82) is 0 Å². The summed E-state index contributed by atoms with van der Waals surface area (Å²) in [6, 6.07) is 0.475. The minimum Gasteiger partial charge on any atom is -0.363 e. The number of carbonyl (C=O) groups is 1. The lowest BCUT2D eigenvalue weighted by molar-refractivity contribution is -0.116. The van der Waals surface area contributed by atoms with Crippen LogP contribution in [0.5, 0.6) is 0 Å². The third-order valence-electron chi connectivity index (χ3n) is 1.72. The van der Waals surface area contributed by atoms with Gasteiger partial charge in [-0.1, -0.05) is 0 Å². The van der Waals surface area contributed by atoms with E-state index in [9.17, 15) is 4.79 Å². The molecule has 1 atom stereocenters. The molecule has 0 N–H and O–H groups in total. The van der Waals surface area contributed by atoms with Crippen LogP contribution in [-0.2, 0) is 4.79 Å². The Morgan fingerprint density at radius 2 is 2.62 bits per heavy atom. The Balaban J connectivity index is 2.20. The molecule has 42 valence electrons. The van der Waals surface area contributed by atoms with Gasteiger partial charge in [0.25, 0.3) is 0 Å². The first-order chi connectivity index (χ1) is 3.86. The van der Waals surface area contributed by atoms with Crippen LogP contribution in [0.4, 0.5) is 0 Å². The maximum atomic E-state index is 10.6. The molecule has 2 heterocycles. The lowest BCUT2D eigenvalue weighted by Gasteiger charge is -2.26. The van der Waals surface area contributed by atoms with Crippen molar-refractivity contribution in [3.05, 3.63) is 12.3 Å². The van der Waals surface area contributed by atoms with Gasteiger partial charge < -0.3 is 4.90 Å². The zero-order valence-electron chi connectivity index (χ0n) is 4.50. The third kappa shape index (κ3) is 0.351. The summed E-state index contributed by atoms with van der Waals surface area (Å²) in [5.41, 5.74) is 0. The molecule has 2 rings (SSSR count). The Hall–Kier alpha value is -0.790. The average Bonchev–Trinajstić information content (AvgIpc) is 1.91. The lowest BCUT2D eigenvalue weighted by Crippen LogP contribution is -2.29. The van der Waals surface area contributed by atoms with Crippen molar-refractivity contribution in [2.75, 3.05) is 6.54 Å². The zero-order chi connectivity index (χ0) is 5.56. The van der Waals surface area contributed by atoms with Crippen LogP contribution >= 0.6 is 0 Å². The highest BCUT2D eigenvalue weighted by Crippen LogP contribution is 2.22. The van der Waals surface area contributed by atoms with E-state index in [4.69, 9.17) is 0 Å². The molecule has 0 aromatic rings. The fourth-order valence-electron chi connectivity index (χ4n) is 1.19. The summed E-state index contributed by atoms with van der Waals surface area (Å²) >= 11 is 0. The molecule has 2 aliphatic heterocycles. The Kier molecular flexibility index (Phi) is 0.583. The molecule has 2 nitrogen and oxygen atoms in total. The van der Waals surface area contributed by atoms with E-state index in [1.165, 1.54) is 0 Å². The van der Waals surface area contributed by atoms with Gasteiger partial charge in [0.15, 0.2) is 5.78 Å². The Morgan fingerprint density at radius 1 is 1.75 bits per heavy atom. The Labute approximate surface area is 47.8 Å². The van der Waals surface area contributed by atoms with Crippen molar-refractivity contribution >= 4 is 5.78 Å². The topological polar surface area (TPSA) is 20.3 Å². The minimum atomic E-state index is 0.375. The molecule has 2 heteroatoms. The quantitative estimate of drug-likeness (QED) is 0.441. The van der Waals surface area contributed by atoms with E-state index in [-0.39, 0.29) is 0 Å². The fourth-order valence-corrected chi connectivity index (χ4v) is 1.19. The van der Waals surface area contributed by atoms with Crippen LogP contribution in [0.25, 0.3) is 0 Å². The number of fused-ring (bicyclic) bond motifs is 1. The van der Waals surface area contributed by atoms with Crippen molar-refractivity contribution in [2.45, 2.75) is 12.5 Å². The minimum absolute atomic E-state index is 0.375. The van der Waals surface area contributed by atoms with Gasteiger partial charge in [-0.15, -0.1) is 0 Å². The molecule has 0 radical (unpaired) electrons. The second-order valence-corrected chi connectivity index (χ2v) is 2.32. The van der Waals surface area contributed by atoms with E-state index >= 15 is 0 Å². The number of rotatable bonds is 0. The van der Waals surface area contributed by atoms with Gasteiger partial charge >= 0.3 is 0 Å². The smallest absolute Gasteiger partial charge is 0.154 e. The molecule has 0 aliphatic carbocycles. The van der Waals surface area contributed by atoms with E-state index in [2.05, 4.69) is 11.0 Å². The largest absolute Gasteiger partial charge is 0.363 e. The van der Waals surface area contributed by atoms with Crippen molar-refractivity contribution in [3.8, 4) is 0 Å². The predicted octanol–water partition coefficient (Wildman–Crippen LogP) is 0.157. The van der Waals surface area contributed by atoms with Gasteiger partial charge in [0.1, 0.15) is 0 Å². The Morgan fingerprint density at radius 3 is 2.88 bits per heavy atom. The highest BCUT2D eigenvalue weighted by molar-refractivity contribution is 5.84. The maximum Gasteiger partial charge on any atom is 0.154 e. The first-order valence-electron chi connectivity index (χ1n) is 2.82. The van der Waals surface area contributed by atoms with E-state index < -0.39 is 0 Å². The molecule has 0 aromatic heterocycles. The van der Waals surface area contributed by atoms with Crippen LogP contribution in [-0.4, -0.2) is 23.3 Å². The van der Waals surface area contributed by atoms with Gasteiger partial charge in [0, 0.05) is 6.42 Å². The first kappa shape index (κ1) is 4.13. The second kappa shape index (κ2) is 1.13. The molecule has 2 aliphatic rings. The fraction of sp³-hybridized carbons (Fsp3) is 0.500. The first-order valence-corrected chi connectivity index (χ1v) is 2.82. The molecule has 1 fully saturated rings. The lowest BCUT2D eigenvalue weighted by atomic mass is 10.1. The predicted molar refractivity (Wildman–Crippen MR) is 29.3 cm³/mol. The van der Waals surface area contributed by atoms with E-state index in [1.807, 2.05) is 6.20 Å². The van der Waals surface area contributed by atoms with Gasteiger partial charge in [-0.25, -0.2) is 0 Å². The van der Waals surface area contributed by atoms with Crippen LogP contribution in [0.2, 0.25) is 0 Å². The molecule has 0 aromatic carbocycles. The number of carbonyl (C=O) groups excluding carboxylic acids is 1. The van der Waals surface area contributed by atoms with Gasteiger partial charge in [0.2, 0.25) is 0 Å². The van der Waals surface area contributed by atoms with Crippen molar-refractivity contribution in [2.24, 2.45) is 0 Å². The Bertz CT molecular complexity index is 146. The van der Waals surface area contributed by atoms with E-state index in [1.54, 1.807) is 0 Å². The number of ketones is 1. The molecular formula is C6H7NO. The summed E-state index contributed by atoms with van der Waals surface area (Å²) in [4.78, 5) is 12.7. The SMILES string of the molecule is O=C1CC2C=CN2C1. The summed E-state index contributed by atoms with van der Waals surface area (Å²) in [5.74, 6) is 0.375. The van der Waals surface area contributed by atoms with E-state index in [0.29, 0.717) is 18.4 Å². The summed E-state index contributed by atoms with van der Waals surface area (Å²) in [7, 11) is 0. The molecule has 1 saturated heterocycles. The number of hydrogen-bond donors (Lipinski definition) is 0. The van der Waals surface area contributed by atoms with Gasteiger partial charge in [-0.05, 0) is 12.3 Å². The summed E-state index contributed by atoms with van der Waals surface area (Å²) < 4.78 is 0. The van der Waals surface area contributed by atoms with Crippen LogP contribution in [0, 0.1) is 0 Å². The van der Waals surface area contributed by atoms with Crippen LogP contribution in [0.3, 0.4) is 0 Å². The normalized spacial score (nSPS) is 32.8. The van der Waals surface area contributed by atoms with Crippen LogP contribution < -0.4 is 0 Å². The average molecular weight is 109 g/mol. The van der Waals surface area contributed by atoms with Crippen molar-refractivity contribution in [1.82, 2.24) is 4.90 Å². The third-order valence-corrected chi connectivity index (χ3v) is 1.72.